The molecule has 0 heterocycles. The molecule has 0 radical (unpaired) electrons. The fourth-order valence-electron chi connectivity index (χ4n) is 2.61. The monoisotopic (exact) mass is 385 g/mol. The van der Waals surface area contributed by atoms with Gasteiger partial charge in [0.1, 0.15) is 0 Å². The molecule has 146 valence electrons. The molecule has 0 saturated heterocycles. The molecule has 3 aromatic rings. The van der Waals surface area contributed by atoms with Crippen molar-refractivity contribution in [2.24, 2.45) is 11.0 Å². The first-order chi connectivity index (χ1) is 14.0. The van der Waals surface area contributed by atoms with E-state index in [0.29, 0.717) is 11.3 Å². The summed E-state index contributed by atoms with van der Waals surface area (Å²) >= 11 is 0. The summed E-state index contributed by atoms with van der Waals surface area (Å²) in [5, 5.41) is 6.81. The van der Waals surface area contributed by atoms with Gasteiger partial charge in [-0.05, 0) is 41.0 Å². The second-order valence-corrected chi connectivity index (χ2v) is 6.91. The number of hydrogen-bond acceptors (Lipinski definition) is 3. The minimum atomic E-state index is -0.316. The standard InChI is InChI=1S/C24H23N3O2/c1-17(2)23(28)26-22-14-12-21(13-15-22)24(29)27-25-16-18-8-10-20(11-9-18)19-6-4-3-5-7-19/h3-17H,1-2H3,(H,26,28)(H,27,29). The number of nitrogens with zero attached hydrogens (tertiary/aromatic N) is 1. The Kier molecular flexibility index (Phi) is 6.53. The highest BCUT2D eigenvalue weighted by Gasteiger charge is 2.08. The average molecular weight is 385 g/mol. The van der Waals surface area contributed by atoms with E-state index in [0.717, 1.165) is 16.7 Å². The van der Waals surface area contributed by atoms with Crippen LogP contribution in [0.2, 0.25) is 0 Å². The first kappa shape index (κ1) is 20.0. The smallest absolute Gasteiger partial charge is 0.271 e. The van der Waals surface area contributed by atoms with E-state index in [-0.39, 0.29) is 17.7 Å². The molecule has 5 nitrogen and oxygen atoms in total. The van der Waals surface area contributed by atoms with Crippen molar-refractivity contribution >= 4 is 23.7 Å². The van der Waals surface area contributed by atoms with E-state index >= 15 is 0 Å². The molecule has 0 atom stereocenters. The molecule has 0 aliphatic heterocycles. The van der Waals surface area contributed by atoms with Crippen molar-refractivity contribution < 1.29 is 9.59 Å². The average Bonchev–Trinajstić information content (AvgIpc) is 2.75. The van der Waals surface area contributed by atoms with Gasteiger partial charge in [-0.25, -0.2) is 5.43 Å². The highest BCUT2D eigenvalue weighted by molar-refractivity contribution is 5.96. The molecule has 3 rings (SSSR count). The van der Waals surface area contributed by atoms with Gasteiger partial charge in [0.2, 0.25) is 5.91 Å². The number of anilines is 1. The lowest BCUT2D eigenvalue weighted by Gasteiger charge is -2.08. The van der Waals surface area contributed by atoms with E-state index in [9.17, 15) is 9.59 Å². The Morgan fingerprint density at radius 1 is 0.828 bits per heavy atom. The fourth-order valence-corrected chi connectivity index (χ4v) is 2.61. The molecule has 0 aromatic heterocycles. The van der Waals surface area contributed by atoms with Gasteiger partial charge in [-0.1, -0.05) is 68.4 Å². The van der Waals surface area contributed by atoms with Crippen LogP contribution < -0.4 is 10.7 Å². The van der Waals surface area contributed by atoms with Crippen molar-refractivity contribution in [1.29, 1.82) is 0 Å². The van der Waals surface area contributed by atoms with E-state index < -0.39 is 0 Å². The largest absolute Gasteiger partial charge is 0.326 e. The summed E-state index contributed by atoms with van der Waals surface area (Å²) in [6, 6.07) is 24.7. The van der Waals surface area contributed by atoms with Crippen LogP contribution in [0.5, 0.6) is 0 Å². The van der Waals surface area contributed by atoms with Gasteiger partial charge < -0.3 is 5.32 Å². The maximum Gasteiger partial charge on any atom is 0.271 e. The van der Waals surface area contributed by atoms with E-state index in [1.54, 1.807) is 30.5 Å². The number of hydrazone groups is 1. The van der Waals surface area contributed by atoms with Crippen LogP contribution in [0, 0.1) is 5.92 Å². The molecule has 0 spiro atoms. The molecular formula is C24H23N3O2. The molecular weight excluding hydrogens is 362 g/mol. The molecule has 0 fully saturated rings. The minimum Gasteiger partial charge on any atom is -0.326 e. The number of amides is 2. The molecule has 3 aromatic carbocycles. The normalized spacial score (nSPS) is 10.9. The van der Waals surface area contributed by atoms with Crippen LogP contribution in [0.4, 0.5) is 5.69 Å². The lowest BCUT2D eigenvalue weighted by atomic mass is 10.0. The number of rotatable bonds is 6. The molecule has 2 amide bonds. The molecule has 0 saturated carbocycles. The van der Waals surface area contributed by atoms with Crippen LogP contribution in [-0.4, -0.2) is 18.0 Å². The lowest BCUT2D eigenvalue weighted by Crippen LogP contribution is -2.19. The Balaban J connectivity index is 1.56. The molecule has 0 aliphatic carbocycles. The Bertz CT molecular complexity index is 993. The molecule has 0 aliphatic rings. The molecule has 0 unspecified atom stereocenters. The van der Waals surface area contributed by atoms with Crippen molar-refractivity contribution in [2.45, 2.75) is 13.8 Å². The Labute approximate surface area is 170 Å². The number of hydrogen-bond donors (Lipinski definition) is 2. The number of carbonyl (C=O) groups excluding carboxylic acids is 2. The molecule has 29 heavy (non-hydrogen) atoms. The van der Waals surface area contributed by atoms with Gasteiger partial charge in [0, 0.05) is 17.2 Å². The quantitative estimate of drug-likeness (QED) is 0.476. The predicted molar refractivity (Wildman–Crippen MR) is 117 cm³/mol. The van der Waals surface area contributed by atoms with Crippen molar-refractivity contribution in [3.05, 3.63) is 90.0 Å². The van der Waals surface area contributed by atoms with Gasteiger partial charge >= 0.3 is 0 Å². The van der Waals surface area contributed by atoms with E-state index in [4.69, 9.17) is 0 Å². The number of carbonyl (C=O) groups is 2. The maximum absolute atomic E-state index is 12.2. The maximum atomic E-state index is 12.2. The second-order valence-electron chi connectivity index (χ2n) is 6.91. The summed E-state index contributed by atoms with van der Waals surface area (Å²) in [4.78, 5) is 23.9. The summed E-state index contributed by atoms with van der Waals surface area (Å²) < 4.78 is 0. The van der Waals surface area contributed by atoms with Crippen LogP contribution in [0.15, 0.2) is 84.0 Å². The van der Waals surface area contributed by atoms with Crippen molar-refractivity contribution in [1.82, 2.24) is 5.43 Å². The zero-order chi connectivity index (χ0) is 20.6. The van der Waals surface area contributed by atoms with Crippen LogP contribution in [0.1, 0.15) is 29.8 Å². The third-order valence-corrected chi connectivity index (χ3v) is 4.34. The van der Waals surface area contributed by atoms with Gasteiger partial charge in [-0.15, -0.1) is 0 Å². The summed E-state index contributed by atoms with van der Waals surface area (Å²) in [6.07, 6.45) is 1.60. The van der Waals surface area contributed by atoms with Crippen molar-refractivity contribution in [3.63, 3.8) is 0 Å². The van der Waals surface area contributed by atoms with Gasteiger partial charge in [-0.3, -0.25) is 9.59 Å². The zero-order valence-corrected chi connectivity index (χ0v) is 16.4. The summed E-state index contributed by atoms with van der Waals surface area (Å²) in [5.74, 6) is -0.483. The third-order valence-electron chi connectivity index (χ3n) is 4.34. The number of nitrogens with one attached hydrogen (secondary N) is 2. The number of benzene rings is 3. The SMILES string of the molecule is CC(C)C(=O)Nc1ccc(C(=O)NN=Cc2ccc(-c3ccccc3)cc2)cc1. The highest BCUT2D eigenvalue weighted by atomic mass is 16.2. The first-order valence-corrected chi connectivity index (χ1v) is 9.43. The van der Waals surface area contributed by atoms with Gasteiger partial charge in [0.15, 0.2) is 0 Å². The Hall–Kier alpha value is -3.73. The molecule has 0 bridgehead atoms. The summed E-state index contributed by atoms with van der Waals surface area (Å²) in [6.45, 7) is 3.65. The van der Waals surface area contributed by atoms with E-state index in [1.807, 2.05) is 56.3 Å². The third kappa shape index (κ3) is 5.62. The van der Waals surface area contributed by atoms with Gasteiger partial charge in [-0.2, -0.15) is 5.10 Å². The molecule has 2 N–H and O–H groups in total. The highest BCUT2D eigenvalue weighted by Crippen LogP contribution is 2.18. The summed E-state index contributed by atoms with van der Waals surface area (Å²) in [5.41, 5.74) is 6.79. The van der Waals surface area contributed by atoms with Gasteiger partial charge in [0.05, 0.1) is 6.21 Å². The van der Waals surface area contributed by atoms with Gasteiger partial charge in [0.25, 0.3) is 5.91 Å². The van der Waals surface area contributed by atoms with Crippen LogP contribution >= 0.6 is 0 Å². The summed E-state index contributed by atoms with van der Waals surface area (Å²) in [7, 11) is 0. The van der Waals surface area contributed by atoms with Crippen LogP contribution in [0.3, 0.4) is 0 Å². The topological polar surface area (TPSA) is 70.6 Å². The molecule has 5 heteroatoms. The second kappa shape index (κ2) is 9.46. The zero-order valence-electron chi connectivity index (χ0n) is 16.4. The van der Waals surface area contributed by atoms with E-state index in [1.165, 1.54) is 0 Å². The minimum absolute atomic E-state index is 0.0647. The van der Waals surface area contributed by atoms with Crippen molar-refractivity contribution in [2.75, 3.05) is 5.32 Å². The Morgan fingerprint density at radius 2 is 1.45 bits per heavy atom. The van der Waals surface area contributed by atoms with E-state index in [2.05, 4.69) is 28.0 Å². The fraction of sp³-hybridized carbons (Fsp3) is 0.125. The van der Waals surface area contributed by atoms with Crippen LogP contribution in [0.25, 0.3) is 11.1 Å². The lowest BCUT2D eigenvalue weighted by molar-refractivity contribution is -0.118. The van der Waals surface area contributed by atoms with Crippen LogP contribution in [-0.2, 0) is 4.79 Å². The Morgan fingerprint density at radius 3 is 2.07 bits per heavy atom. The predicted octanol–water partition coefficient (Wildman–Crippen LogP) is 4.71. The first-order valence-electron chi connectivity index (χ1n) is 9.43. The van der Waals surface area contributed by atoms with Crippen molar-refractivity contribution in [3.8, 4) is 11.1 Å².